The van der Waals surface area contributed by atoms with E-state index in [4.69, 9.17) is 9.47 Å². The molecule has 0 saturated heterocycles. The van der Waals surface area contributed by atoms with Crippen LogP contribution in [0.4, 0.5) is 0 Å². The molecule has 0 bridgehead atoms. The van der Waals surface area contributed by atoms with Gasteiger partial charge in [-0.25, -0.2) is 5.43 Å². The molecule has 4 aromatic rings. The van der Waals surface area contributed by atoms with Gasteiger partial charge in [-0.1, -0.05) is 66.7 Å². The summed E-state index contributed by atoms with van der Waals surface area (Å²) in [4.78, 5) is 25.0. The van der Waals surface area contributed by atoms with Crippen LogP contribution in [0.1, 0.15) is 21.5 Å². The van der Waals surface area contributed by atoms with Crippen molar-refractivity contribution in [3.05, 3.63) is 108 Å². The topological polar surface area (TPSA) is 77.0 Å². The summed E-state index contributed by atoms with van der Waals surface area (Å²) in [5.41, 5.74) is 5.06. The fourth-order valence-corrected chi connectivity index (χ4v) is 3.76. The average Bonchev–Trinajstić information content (AvgIpc) is 3.14. The summed E-state index contributed by atoms with van der Waals surface area (Å²) in [6, 6.07) is 28.1. The first kappa shape index (κ1) is 20.5. The number of carbonyl (C=O) groups excluding carboxylic acids is 2. The highest BCUT2D eigenvalue weighted by Crippen LogP contribution is 2.30. The standard InChI is InChI=1S/C27H20N2O4/c30-24(17-33-21-14-12-20(13-15-21)32-16-18-6-2-1-3-7-18)28-29-26-22-10-4-8-19-9-5-11-23(25(19)22)27(26)31/h1-15H,16-17H2,(H,28,30). The number of hydrazone groups is 1. The second-order valence-corrected chi connectivity index (χ2v) is 7.57. The molecular weight excluding hydrogens is 416 g/mol. The predicted molar refractivity (Wildman–Crippen MR) is 126 cm³/mol. The van der Waals surface area contributed by atoms with Crippen LogP contribution in [0.3, 0.4) is 0 Å². The Bertz CT molecular complexity index is 1360. The van der Waals surface area contributed by atoms with Crippen molar-refractivity contribution in [2.75, 3.05) is 6.61 Å². The molecule has 33 heavy (non-hydrogen) atoms. The van der Waals surface area contributed by atoms with Gasteiger partial charge in [0.25, 0.3) is 5.91 Å². The summed E-state index contributed by atoms with van der Waals surface area (Å²) in [7, 11) is 0. The van der Waals surface area contributed by atoms with E-state index < -0.39 is 5.91 Å². The summed E-state index contributed by atoms with van der Waals surface area (Å²) in [6.07, 6.45) is 0. The van der Waals surface area contributed by atoms with Crippen LogP contribution in [0.25, 0.3) is 10.8 Å². The van der Waals surface area contributed by atoms with Gasteiger partial charge in [-0.3, -0.25) is 9.59 Å². The molecule has 0 aliphatic heterocycles. The minimum Gasteiger partial charge on any atom is -0.489 e. The summed E-state index contributed by atoms with van der Waals surface area (Å²) >= 11 is 0. The number of benzene rings is 4. The molecule has 0 unspecified atom stereocenters. The maximum atomic E-state index is 12.7. The molecule has 0 aromatic heterocycles. The number of nitrogens with zero attached hydrogens (tertiary/aromatic N) is 1. The first-order valence-corrected chi connectivity index (χ1v) is 10.5. The molecule has 0 radical (unpaired) electrons. The van der Waals surface area contributed by atoms with Crippen molar-refractivity contribution in [2.45, 2.75) is 6.61 Å². The number of hydrogen-bond acceptors (Lipinski definition) is 5. The zero-order valence-electron chi connectivity index (χ0n) is 17.7. The highest BCUT2D eigenvalue weighted by atomic mass is 16.5. The van der Waals surface area contributed by atoms with E-state index >= 15 is 0 Å². The summed E-state index contributed by atoms with van der Waals surface area (Å²) in [5.74, 6) is 0.575. The molecule has 0 heterocycles. The minimum atomic E-state index is -0.456. The Kier molecular flexibility index (Phi) is 5.55. The van der Waals surface area contributed by atoms with E-state index in [2.05, 4.69) is 10.5 Å². The molecule has 0 atom stereocenters. The lowest BCUT2D eigenvalue weighted by atomic mass is 10.1. The van der Waals surface area contributed by atoms with Crippen LogP contribution in [0.5, 0.6) is 11.5 Å². The van der Waals surface area contributed by atoms with Gasteiger partial charge in [-0.15, -0.1) is 0 Å². The van der Waals surface area contributed by atoms with Crippen molar-refractivity contribution in [2.24, 2.45) is 5.10 Å². The predicted octanol–water partition coefficient (Wildman–Crippen LogP) is 4.51. The molecule has 5 rings (SSSR count). The monoisotopic (exact) mass is 436 g/mol. The number of amides is 1. The third-order valence-corrected chi connectivity index (χ3v) is 5.35. The minimum absolute atomic E-state index is 0.200. The molecule has 1 aliphatic carbocycles. The Morgan fingerprint density at radius 3 is 2.15 bits per heavy atom. The van der Waals surface area contributed by atoms with Crippen LogP contribution in [-0.4, -0.2) is 24.0 Å². The van der Waals surface area contributed by atoms with E-state index in [-0.39, 0.29) is 18.1 Å². The quantitative estimate of drug-likeness (QED) is 0.433. The molecule has 162 valence electrons. The Hall–Kier alpha value is -4.45. The van der Waals surface area contributed by atoms with Crippen molar-refractivity contribution in [3.8, 4) is 11.5 Å². The molecule has 4 aromatic carbocycles. The lowest BCUT2D eigenvalue weighted by Crippen LogP contribution is -2.27. The largest absolute Gasteiger partial charge is 0.489 e. The Labute approximate surface area is 190 Å². The van der Waals surface area contributed by atoms with Crippen molar-refractivity contribution in [1.82, 2.24) is 5.43 Å². The highest BCUT2D eigenvalue weighted by Gasteiger charge is 2.28. The van der Waals surface area contributed by atoms with Crippen molar-refractivity contribution < 1.29 is 19.1 Å². The third-order valence-electron chi connectivity index (χ3n) is 5.35. The summed E-state index contributed by atoms with van der Waals surface area (Å²) in [6.45, 7) is 0.242. The molecule has 6 heteroatoms. The van der Waals surface area contributed by atoms with Gasteiger partial charge in [-0.2, -0.15) is 5.10 Å². The molecular formula is C27H20N2O4. The van der Waals surface area contributed by atoms with Gasteiger partial charge in [0.15, 0.2) is 6.61 Å². The Balaban J connectivity index is 1.17. The van der Waals surface area contributed by atoms with Crippen LogP contribution in [-0.2, 0) is 11.4 Å². The van der Waals surface area contributed by atoms with Gasteiger partial charge >= 0.3 is 0 Å². The molecule has 1 aliphatic rings. The van der Waals surface area contributed by atoms with Gasteiger partial charge in [0.1, 0.15) is 23.8 Å². The second-order valence-electron chi connectivity index (χ2n) is 7.57. The van der Waals surface area contributed by atoms with E-state index in [0.29, 0.717) is 23.7 Å². The van der Waals surface area contributed by atoms with Crippen molar-refractivity contribution in [3.63, 3.8) is 0 Å². The van der Waals surface area contributed by atoms with Crippen LogP contribution in [0, 0.1) is 0 Å². The normalized spacial score (nSPS) is 13.3. The molecule has 0 fully saturated rings. The first-order chi connectivity index (χ1) is 16.2. The lowest BCUT2D eigenvalue weighted by Gasteiger charge is -2.08. The van der Waals surface area contributed by atoms with Crippen molar-refractivity contribution >= 4 is 28.2 Å². The second kappa shape index (κ2) is 8.96. The van der Waals surface area contributed by atoms with E-state index in [0.717, 1.165) is 21.9 Å². The van der Waals surface area contributed by atoms with Crippen molar-refractivity contribution in [1.29, 1.82) is 0 Å². The Morgan fingerprint density at radius 1 is 0.758 bits per heavy atom. The lowest BCUT2D eigenvalue weighted by molar-refractivity contribution is -0.123. The van der Waals surface area contributed by atoms with E-state index in [9.17, 15) is 9.59 Å². The highest BCUT2D eigenvalue weighted by molar-refractivity contribution is 6.59. The van der Waals surface area contributed by atoms with Gasteiger partial charge < -0.3 is 9.47 Å². The van der Waals surface area contributed by atoms with Crippen LogP contribution in [0.2, 0.25) is 0 Å². The Morgan fingerprint density at radius 2 is 1.42 bits per heavy atom. The fraction of sp³-hybridized carbons (Fsp3) is 0.0741. The maximum absolute atomic E-state index is 12.7. The summed E-state index contributed by atoms with van der Waals surface area (Å²) in [5, 5.41) is 5.92. The number of rotatable bonds is 7. The van der Waals surface area contributed by atoms with Crippen LogP contribution in [0.15, 0.2) is 96.1 Å². The summed E-state index contributed by atoms with van der Waals surface area (Å²) < 4.78 is 11.3. The first-order valence-electron chi connectivity index (χ1n) is 10.5. The molecule has 1 amide bonds. The van der Waals surface area contributed by atoms with E-state index in [1.807, 2.05) is 60.7 Å². The molecule has 6 nitrogen and oxygen atoms in total. The van der Waals surface area contributed by atoms with Gasteiger partial charge in [-0.05, 0) is 35.2 Å². The zero-order chi connectivity index (χ0) is 22.6. The number of ether oxygens (including phenoxy) is 2. The number of Topliss-reactive ketones (excluding diaryl/α,β-unsaturated/α-hetero) is 1. The van der Waals surface area contributed by atoms with E-state index in [1.54, 1.807) is 30.3 Å². The average molecular weight is 436 g/mol. The SMILES string of the molecule is O=C(COc1ccc(OCc2ccccc2)cc1)NN=C1C(=O)c2cccc3cccc1c23. The number of carbonyl (C=O) groups is 2. The van der Waals surface area contributed by atoms with E-state index in [1.165, 1.54) is 0 Å². The van der Waals surface area contributed by atoms with Crippen LogP contribution < -0.4 is 14.9 Å². The molecule has 0 saturated carbocycles. The van der Waals surface area contributed by atoms with Crippen LogP contribution >= 0.6 is 0 Å². The molecule has 1 N–H and O–H groups in total. The van der Waals surface area contributed by atoms with Gasteiger partial charge in [0, 0.05) is 16.5 Å². The smallest absolute Gasteiger partial charge is 0.277 e. The number of hydrogen-bond donors (Lipinski definition) is 1. The number of nitrogens with one attached hydrogen (secondary N) is 1. The maximum Gasteiger partial charge on any atom is 0.277 e. The fourth-order valence-electron chi connectivity index (χ4n) is 3.76. The molecule has 0 spiro atoms. The van der Waals surface area contributed by atoms with Gasteiger partial charge in [0.05, 0.1) is 0 Å². The van der Waals surface area contributed by atoms with Gasteiger partial charge in [0.2, 0.25) is 5.78 Å². The third kappa shape index (κ3) is 4.32. The number of ketones is 1. The zero-order valence-corrected chi connectivity index (χ0v) is 17.7.